The molecule has 33 heavy (non-hydrogen) atoms. The minimum Gasteiger partial charge on any atom is -0.368 e. The van der Waals surface area contributed by atoms with E-state index in [1.807, 2.05) is 30.5 Å². The molecule has 0 aliphatic carbocycles. The Morgan fingerprint density at radius 1 is 0.939 bits per heavy atom. The maximum Gasteiger partial charge on any atom is 0.221 e. The third-order valence-electron chi connectivity index (χ3n) is 6.13. The predicted molar refractivity (Wildman–Crippen MR) is 128 cm³/mol. The van der Waals surface area contributed by atoms with Crippen LogP contribution in [-0.2, 0) is 6.54 Å². The van der Waals surface area contributed by atoms with Crippen LogP contribution < -0.4 is 5.73 Å². The first-order valence-corrected chi connectivity index (χ1v) is 11.4. The summed E-state index contributed by atoms with van der Waals surface area (Å²) in [6.45, 7) is 7.11. The third kappa shape index (κ3) is 4.75. The molecule has 5 rings (SSSR count). The van der Waals surface area contributed by atoms with Gasteiger partial charge in [-0.15, -0.1) is 5.10 Å². The molecule has 8 nitrogen and oxygen atoms in total. The summed E-state index contributed by atoms with van der Waals surface area (Å²) in [5, 5.41) is 8.63. The van der Waals surface area contributed by atoms with Crippen molar-refractivity contribution < 1.29 is 0 Å². The summed E-state index contributed by atoms with van der Waals surface area (Å²) in [4.78, 5) is 16.2. The molecule has 0 bridgehead atoms. The van der Waals surface area contributed by atoms with E-state index in [0.717, 1.165) is 41.3 Å². The Labute approximate surface area is 193 Å². The van der Waals surface area contributed by atoms with Gasteiger partial charge in [-0.25, -0.2) is 14.6 Å². The molecule has 0 radical (unpaired) electrons. The van der Waals surface area contributed by atoms with Gasteiger partial charge in [0.2, 0.25) is 5.95 Å². The Hall–Kier alpha value is -3.65. The van der Waals surface area contributed by atoms with Gasteiger partial charge in [0.25, 0.3) is 0 Å². The number of hydrogen-bond donors (Lipinski definition) is 1. The van der Waals surface area contributed by atoms with E-state index in [2.05, 4.69) is 63.3 Å². The van der Waals surface area contributed by atoms with Crippen LogP contribution in [0.2, 0.25) is 0 Å². The number of benzene rings is 1. The quantitative estimate of drug-likeness (QED) is 0.485. The zero-order valence-electron chi connectivity index (χ0n) is 19.0. The van der Waals surface area contributed by atoms with Crippen molar-refractivity contribution in [1.29, 1.82) is 0 Å². The second-order valence-electron chi connectivity index (χ2n) is 8.64. The highest BCUT2D eigenvalue weighted by molar-refractivity contribution is 5.67. The molecule has 0 saturated carbocycles. The average Bonchev–Trinajstić information content (AvgIpc) is 3.51. The maximum atomic E-state index is 6.01. The minimum atomic E-state index is 0.212. The van der Waals surface area contributed by atoms with E-state index in [4.69, 9.17) is 10.7 Å². The number of rotatable bonds is 6. The zero-order chi connectivity index (χ0) is 22.8. The van der Waals surface area contributed by atoms with Crippen LogP contribution in [0.25, 0.3) is 22.6 Å². The largest absolute Gasteiger partial charge is 0.368 e. The predicted octanol–water partition coefficient (Wildman–Crippen LogP) is 3.89. The van der Waals surface area contributed by atoms with Crippen molar-refractivity contribution in [2.45, 2.75) is 39.3 Å². The number of likely N-dealkylation sites (tertiary alicyclic amines) is 1. The van der Waals surface area contributed by atoms with Crippen LogP contribution in [0, 0.1) is 6.92 Å². The molecule has 0 unspecified atom stereocenters. The van der Waals surface area contributed by atoms with Crippen molar-refractivity contribution in [3.05, 3.63) is 71.7 Å². The van der Waals surface area contributed by atoms with Gasteiger partial charge in [-0.3, -0.25) is 9.88 Å². The summed E-state index contributed by atoms with van der Waals surface area (Å²) in [6, 6.07) is 16.6. The summed E-state index contributed by atoms with van der Waals surface area (Å²) < 4.78 is 1.78. The lowest BCUT2D eigenvalue weighted by molar-refractivity contribution is 0.258. The highest BCUT2D eigenvalue weighted by atomic mass is 15.4. The van der Waals surface area contributed by atoms with E-state index in [1.54, 1.807) is 4.68 Å². The van der Waals surface area contributed by atoms with Crippen LogP contribution in [0.5, 0.6) is 0 Å². The number of pyridine rings is 1. The summed E-state index contributed by atoms with van der Waals surface area (Å²) in [6.07, 6.45) is 4.41. The highest BCUT2D eigenvalue weighted by Gasteiger charge is 2.20. The first kappa shape index (κ1) is 21.2. The van der Waals surface area contributed by atoms with E-state index in [-0.39, 0.29) is 5.95 Å². The molecule has 8 heteroatoms. The number of anilines is 1. The van der Waals surface area contributed by atoms with Crippen LogP contribution in [0.4, 0.5) is 5.95 Å². The van der Waals surface area contributed by atoms with Crippen LogP contribution >= 0.6 is 0 Å². The normalized spacial score (nSPS) is 15.1. The second-order valence-corrected chi connectivity index (χ2v) is 8.64. The lowest BCUT2D eigenvalue weighted by atomic mass is 10.1. The summed E-state index contributed by atoms with van der Waals surface area (Å²) in [7, 11) is 0. The van der Waals surface area contributed by atoms with Gasteiger partial charge < -0.3 is 5.73 Å². The topological polar surface area (TPSA) is 98.6 Å². The summed E-state index contributed by atoms with van der Waals surface area (Å²) in [5.41, 5.74) is 12.3. The number of aromatic nitrogens is 6. The Kier molecular flexibility index (Phi) is 5.83. The monoisotopic (exact) mass is 440 g/mol. The fourth-order valence-corrected chi connectivity index (χ4v) is 4.34. The Morgan fingerprint density at radius 2 is 1.73 bits per heavy atom. The van der Waals surface area contributed by atoms with Crippen molar-refractivity contribution in [2.75, 3.05) is 18.8 Å². The molecule has 0 spiro atoms. The van der Waals surface area contributed by atoms with Crippen LogP contribution in [0.3, 0.4) is 0 Å². The van der Waals surface area contributed by atoms with Gasteiger partial charge in [0.05, 0.1) is 35.5 Å². The van der Waals surface area contributed by atoms with Gasteiger partial charge in [0.15, 0.2) is 0 Å². The average molecular weight is 441 g/mol. The van der Waals surface area contributed by atoms with E-state index in [9.17, 15) is 0 Å². The van der Waals surface area contributed by atoms with Crippen molar-refractivity contribution >= 4 is 5.95 Å². The molecule has 2 N–H and O–H groups in total. The summed E-state index contributed by atoms with van der Waals surface area (Å²) in [5.74, 6) is 0.212. The van der Waals surface area contributed by atoms with E-state index >= 15 is 0 Å². The Bertz CT molecular complexity index is 1260. The number of nitrogens with zero attached hydrogens (tertiary/aromatic N) is 7. The molecule has 1 aliphatic rings. The molecular formula is C25H28N8. The van der Waals surface area contributed by atoms with Crippen molar-refractivity contribution in [1.82, 2.24) is 34.8 Å². The summed E-state index contributed by atoms with van der Waals surface area (Å²) >= 11 is 0. The SMILES string of the molecule is Cc1cccc(-c2cc(-c3cn(Cc4cccc([C@H](C)N5CCCC5)n4)nn3)nc(N)n2)c1. The van der Waals surface area contributed by atoms with Gasteiger partial charge in [-0.1, -0.05) is 35.0 Å². The highest BCUT2D eigenvalue weighted by Crippen LogP contribution is 2.25. The second kappa shape index (κ2) is 9.07. The van der Waals surface area contributed by atoms with E-state index in [0.29, 0.717) is 24.0 Å². The van der Waals surface area contributed by atoms with Gasteiger partial charge in [-0.2, -0.15) is 0 Å². The maximum absolute atomic E-state index is 6.01. The number of aryl methyl sites for hydroxylation is 1. The van der Waals surface area contributed by atoms with Gasteiger partial charge in [0, 0.05) is 11.6 Å². The number of hydrogen-bond acceptors (Lipinski definition) is 7. The third-order valence-corrected chi connectivity index (χ3v) is 6.13. The molecule has 1 fully saturated rings. The molecule has 168 valence electrons. The van der Waals surface area contributed by atoms with Gasteiger partial charge in [-0.05, 0) is 64.0 Å². The Balaban J connectivity index is 1.36. The van der Waals surface area contributed by atoms with E-state index < -0.39 is 0 Å². The lowest BCUT2D eigenvalue weighted by Crippen LogP contribution is -2.24. The molecular weight excluding hydrogens is 412 g/mol. The minimum absolute atomic E-state index is 0.212. The zero-order valence-corrected chi connectivity index (χ0v) is 19.0. The number of nitrogen functional groups attached to an aromatic ring is 1. The molecule has 1 saturated heterocycles. The smallest absolute Gasteiger partial charge is 0.221 e. The van der Waals surface area contributed by atoms with Crippen LogP contribution in [-0.4, -0.2) is 47.9 Å². The Morgan fingerprint density at radius 3 is 2.55 bits per heavy atom. The van der Waals surface area contributed by atoms with Gasteiger partial charge >= 0.3 is 0 Å². The standard InChI is InChI=1S/C25H28N8/c1-17-7-5-8-19(13-17)22-14-23(29-25(26)28-22)24-16-33(31-30-24)15-20-9-6-10-21(27-20)18(2)32-11-3-4-12-32/h5-10,13-14,16,18H,3-4,11-12,15H2,1-2H3,(H2,26,28,29)/t18-/m0/s1. The van der Waals surface area contributed by atoms with Crippen LogP contribution in [0.15, 0.2) is 54.7 Å². The first-order valence-electron chi connectivity index (χ1n) is 11.4. The van der Waals surface area contributed by atoms with Crippen molar-refractivity contribution in [2.24, 2.45) is 0 Å². The molecule has 1 atom stereocenters. The molecule has 0 amide bonds. The van der Waals surface area contributed by atoms with Gasteiger partial charge in [0.1, 0.15) is 5.69 Å². The van der Waals surface area contributed by atoms with Crippen molar-refractivity contribution in [3.63, 3.8) is 0 Å². The molecule has 3 aromatic heterocycles. The fourth-order valence-electron chi connectivity index (χ4n) is 4.34. The van der Waals surface area contributed by atoms with Crippen molar-refractivity contribution in [3.8, 4) is 22.6 Å². The molecule has 1 aromatic carbocycles. The molecule has 4 heterocycles. The number of nitrogens with two attached hydrogens (primary N) is 1. The van der Waals surface area contributed by atoms with E-state index in [1.165, 1.54) is 12.8 Å². The van der Waals surface area contributed by atoms with Crippen LogP contribution in [0.1, 0.15) is 42.8 Å². The molecule has 1 aliphatic heterocycles. The molecule has 4 aromatic rings. The lowest BCUT2D eigenvalue weighted by Gasteiger charge is -2.23. The first-order chi connectivity index (χ1) is 16.0. The fraction of sp³-hybridized carbons (Fsp3) is 0.320.